The second-order valence-electron chi connectivity index (χ2n) is 8.35. The fourth-order valence-corrected chi connectivity index (χ4v) is 4.26. The van der Waals surface area contributed by atoms with Crippen LogP contribution in [0.3, 0.4) is 0 Å². The predicted molar refractivity (Wildman–Crippen MR) is 121 cm³/mol. The molecule has 1 fully saturated rings. The summed E-state index contributed by atoms with van der Waals surface area (Å²) in [6.45, 7) is 3.52. The first kappa shape index (κ1) is 19.7. The van der Waals surface area contributed by atoms with Gasteiger partial charge in [0, 0.05) is 42.8 Å². The molecule has 4 aromatic rings. The third-order valence-electron chi connectivity index (χ3n) is 5.81. The van der Waals surface area contributed by atoms with Crippen LogP contribution in [0.5, 0.6) is 0 Å². The SMILES string of the molecule is CC1(N)CCN(c2c(-c3ccnc(C#N)c3)cncc2-c2nc3c(C#N)cccc3[nH]2)C1. The molecule has 1 saturated heterocycles. The number of rotatable bonds is 3. The van der Waals surface area contributed by atoms with Crippen LogP contribution in [0, 0.1) is 22.7 Å². The molecule has 0 saturated carbocycles. The van der Waals surface area contributed by atoms with Gasteiger partial charge in [0.1, 0.15) is 29.2 Å². The highest BCUT2D eigenvalue weighted by atomic mass is 15.2. The molecule has 3 aromatic heterocycles. The van der Waals surface area contributed by atoms with Crippen LogP contribution in [0.15, 0.2) is 48.9 Å². The summed E-state index contributed by atoms with van der Waals surface area (Å²) < 4.78 is 0. The molecule has 1 unspecified atom stereocenters. The molecule has 5 rings (SSSR count). The first-order valence-corrected chi connectivity index (χ1v) is 10.3. The van der Waals surface area contributed by atoms with Crippen LogP contribution in [-0.2, 0) is 0 Å². The van der Waals surface area contributed by atoms with Crippen molar-refractivity contribution >= 4 is 16.7 Å². The van der Waals surface area contributed by atoms with Gasteiger partial charge in [0.15, 0.2) is 0 Å². The van der Waals surface area contributed by atoms with E-state index >= 15 is 0 Å². The molecule has 1 atom stereocenters. The van der Waals surface area contributed by atoms with E-state index in [0.717, 1.165) is 40.9 Å². The van der Waals surface area contributed by atoms with Gasteiger partial charge in [-0.2, -0.15) is 10.5 Å². The summed E-state index contributed by atoms with van der Waals surface area (Å²) in [6, 6.07) is 13.4. The van der Waals surface area contributed by atoms with Gasteiger partial charge in [0.05, 0.1) is 22.3 Å². The van der Waals surface area contributed by atoms with E-state index in [1.807, 2.05) is 25.1 Å². The average molecular weight is 420 g/mol. The molecule has 8 heteroatoms. The molecule has 0 bridgehead atoms. The lowest BCUT2D eigenvalue weighted by molar-refractivity contribution is 0.525. The van der Waals surface area contributed by atoms with Crippen LogP contribution < -0.4 is 10.6 Å². The minimum Gasteiger partial charge on any atom is -0.368 e. The molecule has 1 aromatic carbocycles. The number of hydrogen-bond acceptors (Lipinski definition) is 7. The topological polar surface area (TPSA) is 131 Å². The van der Waals surface area contributed by atoms with Crippen molar-refractivity contribution in [3.05, 3.63) is 60.2 Å². The standard InChI is InChI=1S/C24H20N8/c1-24(27)6-8-32(14-24)22-18(15-5-7-29-17(9-15)11-26)12-28-13-19(22)23-30-20-4-2-3-16(10-25)21(20)31-23/h2-5,7,9,12-13H,6,8,14,27H2,1H3,(H,30,31). The molecule has 1 aliphatic rings. The second-order valence-corrected chi connectivity index (χ2v) is 8.35. The molecular formula is C24H20N8. The van der Waals surface area contributed by atoms with Crippen molar-refractivity contribution in [1.82, 2.24) is 19.9 Å². The zero-order valence-electron chi connectivity index (χ0n) is 17.5. The number of fused-ring (bicyclic) bond motifs is 1. The Hall–Kier alpha value is -4.27. The maximum atomic E-state index is 9.47. The van der Waals surface area contributed by atoms with Crippen molar-refractivity contribution in [2.24, 2.45) is 5.73 Å². The van der Waals surface area contributed by atoms with Gasteiger partial charge in [0.25, 0.3) is 0 Å². The predicted octanol–water partition coefficient (Wildman–Crippen LogP) is 3.36. The van der Waals surface area contributed by atoms with Crippen LogP contribution in [0.1, 0.15) is 24.6 Å². The number of pyridine rings is 2. The van der Waals surface area contributed by atoms with Crippen molar-refractivity contribution in [3.63, 3.8) is 0 Å². The largest absolute Gasteiger partial charge is 0.368 e. The number of hydrogen-bond donors (Lipinski definition) is 2. The van der Waals surface area contributed by atoms with Gasteiger partial charge in [-0.1, -0.05) is 6.07 Å². The number of nitrogens with zero attached hydrogens (tertiary/aromatic N) is 6. The highest BCUT2D eigenvalue weighted by molar-refractivity contribution is 5.92. The third kappa shape index (κ3) is 3.33. The molecule has 156 valence electrons. The van der Waals surface area contributed by atoms with Gasteiger partial charge >= 0.3 is 0 Å². The number of nitrogens with two attached hydrogens (primary N) is 1. The van der Waals surface area contributed by atoms with Crippen LogP contribution in [0.4, 0.5) is 5.69 Å². The Morgan fingerprint density at radius 2 is 2.00 bits per heavy atom. The summed E-state index contributed by atoms with van der Waals surface area (Å²) in [5.41, 5.74) is 11.9. The van der Waals surface area contributed by atoms with Crippen LogP contribution in [0.25, 0.3) is 33.5 Å². The highest BCUT2D eigenvalue weighted by Gasteiger charge is 2.33. The molecule has 1 aliphatic heterocycles. The normalized spacial score (nSPS) is 17.9. The van der Waals surface area contributed by atoms with Gasteiger partial charge in [0.2, 0.25) is 0 Å². The summed E-state index contributed by atoms with van der Waals surface area (Å²) in [5, 5.41) is 18.8. The molecule has 8 nitrogen and oxygen atoms in total. The number of para-hydroxylation sites is 1. The minimum absolute atomic E-state index is 0.310. The third-order valence-corrected chi connectivity index (χ3v) is 5.81. The van der Waals surface area contributed by atoms with Crippen LogP contribution in [0.2, 0.25) is 0 Å². The average Bonchev–Trinajstić information content (AvgIpc) is 3.41. The van der Waals surface area contributed by atoms with Crippen molar-refractivity contribution in [2.75, 3.05) is 18.0 Å². The summed E-state index contributed by atoms with van der Waals surface area (Å²) in [7, 11) is 0. The van der Waals surface area contributed by atoms with E-state index in [-0.39, 0.29) is 5.54 Å². The molecule has 0 spiro atoms. The van der Waals surface area contributed by atoms with Crippen molar-refractivity contribution in [2.45, 2.75) is 18.9 Å². The lowest BCUT2D eigenvalue weighted by atomic mass is 10.0. The number of nitriles is 2. The van der Waals surface area contributed by atoms with Gasteiger partial charge in [-0.15, -0.1) is 0 Å². The summed E-state index contributed by atoms with van der Waals surface area (Å²) in [5.74, 6) is 0.632. The molecule has 32 heavy (non-hydrogen) atoms. The molecule has 4 heterocycles. The Kier molecular flexibility index (Phi) is 4.58. The maximum Gasteiger partial charge on any atom is 0.142 e. The van der Waals surface area contributed by atoms with Crippen molar-refractivity contribution in [1.29, 1.82) is 10.5 Å². The number of imidazole rings is 1. The van der Waals surface area contributed by atoms with E-state index in [4.69, 9.17) is 10.7 Å². The summed E-state index contributed by atoms with van der Waals surface area (Å²) >= 11 is 0. The maximum absolute atomic E-state index is 9.47. The molecule has 3 N–H and O–H groups in total. The van der Waals surface area contributed by atoms with Crippen molar-refractivity contribution < 1.29 is 0 Å². The second kappa shape index (κ2) is 7.45. The van der Waals surface area contributed by atoms with Crippen LogP contribution in [-0.4, -0.2) is 38.6 Å². The zero-order valence-corrected chi connectivity index (χ0v) is 17.5. The first-order chi connectivity index (χ1) is 15.5. The lowest BCUT2D eigenvalue weighted by Crippen LogP contribution is -2.39. The zero-order chi connectivity index (χ0) is 22.3. The van der Waals surface area contributed by atoms with E-state index in [0.29, 0.717) is 29.1 Å². The Balaban J connectivity index is 1.75. The lowest BCUT2D eigenvalue weighted by Gasteiger charge is -2.26. The molecule has 0 amide bonds. The van der Waals surface area contributed by atoms with Crippen molar-refractivity contribution in [3.8, 4) is 34.7 Å². The Morgan fingerprint density at radius 3 is 2.75 bits per heavy atom. The number of nitrogens with one attached hydrogen (secondary N) is 1. The quantitative estimate of drug-likeness (QED) is 0.519. The van der Waals surface area contributed by atoms with Gasteiger partial charge < -0.3 is 15.6 Å². The number of aromatic nitrogens is 4. The fraction of sp³-hybridized carbons (Fsp3) is 0.208. The van der Waals surface area contributed by atoms with Gasteiger partial charge in [-0.25, -0.2) is 9.97 Å². The number of H-pyrrole nitrogens is 1. The Labute approximate surface area is 185 Å². The number of anilines is 1. The van der Waals surface area contributed by atoms with E-state index in [1.165, 1.54) is 0 Å². The Bertz CT molecular complexity index is 1420. The van der Waals surface area contributed by atoms with E-state index < -0.39 is 0 Å². The first-order valence-electron chi connectivity index (χ1n) is 10.3. The molecule has 0 aliphatic carbocycles. The number of benzene rings is 1. The minimum atomic E-state index is -0.310. The van der Waals surface area contributed by atoms with Gasteiger partial charge in [-0.3, -0.25) is 4.98 Å². The summed E-state index contributed by atoms with van der Waals surface area (Å²) in [6.07, 6.45) is 6.06. The van der Waals surface area contributed by atoms with Gasteiger partial charge in [-0.05, 0) is 43.2 Å². The highest BCUT2D eigenvalue weighted by Crippen LogP contribution is 2.41. The van der Waals surface area contributed by atoms with E-state index in [2.05, 4.69) is 32.0 Å². The number of aromatic amines is 1. The fourth-order valence-electron chi connectivity index (χ4n) is 4.26. The Morgan fingerprint density at radius 1 is 1.16 bits per heavy atom. The smallest absolute Gasteiger partial charge is 0.142 e. The summed E-state index contributed by atoms with van der Waals surface area (Å²) in [4.78, 5) is 18.9. The van der Waals surface area contributed by atoms with Crippen LogP contribution >= 0.6 is 0 Å². The van der Waals surface area contributed by atoms with E-state index in [1.54, 1.807) is 30.7 Å². The molecular weight excluding hydrogens is 400 g/mol. The molecule has 0 radical (unpaired) electrons. The van der Waals surface area contributed by atoms with E-state index in [9.17, 15) is 10.5 Å². The monoisotopic (exact) mass is 420 g/mol.